The maximum atomic E-state index is 12.7. The summed E-state index contributed by atoms with van der Waals surface area (Å²) in [4.78, 5) is 4.72. The molecule has 0 amide bonds. The normalized spacial score (nSPS) is 12.0. The van der Waals surface area contributed by atoms with E-state index in [-0.39, 0.29) is 9.79 Å². The van der Waals surface area contributed by atoms with E-state index in [1.165, 1.54) is 6.20 Å². The molecule has 0 radical (unpaired) electrons. The van der Waals surface area contributed by atoms with Crippen LogP contribution in [0.1, 0.15) is 17.0 Å². The molecule has 6 heteroatoms. The van der Waals surface area contributed by atoms with E-state index in [4.69, 9.17) is 0 Å². The topological polar surface area (TPSA) is 64.3 Å². The van der Waals surface area contributed by atoms with Crippen molar-refractivity contribution in [1.29, 1.82) is 0 Å². The molecule has 0 aliphatic heterocycles. The molecule has 0 saturated carbocycles. The second-order valence-electron chi connectivity index (χ2n) is 5.10. The highest BCUT2D eigenvalue weighted by atomic mass is 32.2. The Bertz CT molecular complexity index is 925. The summed E-state index contributed by atoms with van der Waals surface area (Å²) in [5, 5.41) is 4.14. The van der Waals surface area contributed by atoms with E-state index in [2.05, 4.69) is 10.1 Å². The molecule has 21 heavy (non-hydrogen) atoms. The van der Waals surface area contributed by atoms with Crippen LogP contribution >= 0.6 is 0 Å². The molecule has 0 N–H and O–H groups in total. The van der Waals surface area contributed by atoms with Crippen LogP contribution in [-0.4, -0.2) is 23.0 Å². The molecule has 0 unspecified atom stereocenters. The third-order valence-electron chi connectivity index (χ3n) is 3.37. The first-order valence-electron chi connectivity index (χ1n) is 6.53. The highest BCUT2D eigenvalue weighted by molar-refractivity contribution is 7.91. The number of hydrogen-bond acceptors (Lipinski definition) is 4. The molecule has 5 nitrogen and oxygen atoms in total. The molecule has 2 aromatic heterocycles. The maximum Gasteiger partial charge on any atom is 0.211 e. The van der Waals surface area contributed by atoms with Crippen molar-refractivity contribution in [3.63, 3.8) is 0 Å². The molecular weight excluding hydrogens is 286 g/mol. The summed E-state index contributed by atoms with van der Waals surface area (Å²) >= 11 is 0. The molecule has 0 aliphatic rings. The van der Waals surface area contributed by atoms with Crippen molar-refractivity contribution in [2.75, 3.05) is 0 Å². The molecule has 0 aliphatic carbocycles. The highest BCUT2D eigenvalue weighted by Gasteiger charge is 2.23. The minimum Gasteiger partial charge on any atom is -0.233 e. The van der Waals surface area contributed by atoms with Gasteiger partial charge < -0.3 is 0 Å². The van der Waals surface area contributed by atoms with Gasteiger partial charge in [-0.25, -0.2) is 17.9 Å². The highest BCUT2D eigenvalue weighted by Crippen LogP contribution is 2.24. The quantitative estimate of drug-likeness (QED) is 0.729. The Hall–Kier alpha value is -2.21. The van der Waals surface area contributed by atoms with Crippen LogP contribution < -0.4 is 0 Å². The molecule has 0 spiro atoms. The van der Waals surface area contributed by atoms with Gasteiger partial charge in [0.2, 0.25) is 9.84 Å². The lowest BCUT2D eigenvalue weighted by Gasteiger charge is -2.04. The van der Waals surface area contributed by atoms with E-state index in [1.54, 1.807) is 28.8 Å². The number of aromatic nitrogens is 3. The largest absolute Gasteiger partial charge is 0.233 e. The van der Waals surface area contributed by atoms with Gasteiger partial charge in [0.1, 0.15) is 4.90 Å². The van der Waals surface area contributed by atoms with Crippen LogP contribution in [0.3, 0.4) is 0 Å². The predicted molar refractivity (Wildman–Crippen MR) is 79.1 cm³/mol. The van der Waals surface area contributed by atoms with Gasteiger partial charge in [0.15, 0.2) is 5.65 Å². The van der Waals surface area contributed by atoms with Gasteiger partial charge in [-0.05, 0) is 39.0 Å². The number of rotatable bonds is 2. The van der Waals surface area contributed by atoms with Gasteiger partial charge in [0, 0.05) is 11.4 Å². The molecule has 0 bridgehead atoms. The van der Waals surface area contributed by atoms with Crippen molar-refractivity contribution in [1.82, 2.24) is 14.6 Å². The summed E-state index contributed by atoms with van der Waals surface area (Å²) < 4.78 is 27.0. The summed E-state index contributed by atoms with van der Waals surface area (Å²) in [6, 6.07) is 8.64. The Kier molecular flexibility index (Phi) is 3.06. The van der Waals surface area contributed by atoms with E-state index in [0.29, 0.717) is 5.65 Å². The molecule has 0 fully saturated rings. The third kappa shape index (κ3) is 2.21. The Morgan fingerprint density at radius 1 is 1.05 bits per heavy atom. The summed E-state index contributed by atoms with van der Waals surface area (Å²) in [6.45, 7) is 5.62. The number of nitrogens with zero attached hydrogens (tertiary/aromatic N) is 3. The Labute approximate surface area is 123 Å². The molecule has 2 heterocycles. The average molecular weight is 301 g/mol. The minimum absolute atomic E-state index is 0.137. The smallest absolute Gasteiger partial charge is 0.211 e. The number of aryl methyl sites for hydroxylation is 3. The minimum atomic E-state index is -3.62. The van der Waals surface area contributed by atoms with Crippen molar-refractivity contribution in [2.45, 2.75) is 30.6 Å². The standard InChI is InChI=1S/C15H15N3O2S/c1-10-4-6-13(7-5-10)21(19,20)14-9-16-18-12(3)8-11(2)17-15(14)18/h4-9H,1-3H3. The second-order valence-corrected chi connectivity index (χ2v) is 7.02. The van der Waals surface area contributed by atoms with Gasteiger partial charge in [-0.1, -0.05) is 17.7 Å². The van der Waals surface area contributed by atoms with Gasteiger partial charge in [-0.3, -0.25) is 0 Å². The zero-order valence-corrected chi connectivity index (χ0v) is 12.8. The van der Waals surface area contributed by atoms with Crippen LogP contribution in [0.4, 0.5) is 0 Å². The molecule has 1 aromatic carbocycles. The zero-order chi connectivity index (χ0) is 15.2. The van der Waals surface area contributed by atoms with Crippen molar-refractivity contribution in [3.8, 4) is 0 Å². The fourth-order valence-electron chi connectivity index (χ4n) is 2.28. The fraction of sp³-hybridized carbons (Fsp3) is 0.200. The Balaban J connectivity index is 2.27. The first-order valence-corrected chi connectivity index (χ1v) is 8.01. The molecule has 0 saturated heterocycles. The van der Waals surface area contributed by atoms with Crippen LogP contribution in [-0.2, 0) is 9.84 Å². The van der Waals surface area contributed by atoms with Crippen LogP contribution in [0.25, 0.3) is 5.65 Å². The number of fused-ring (bicyclic) bond motifs is 1. The Morgan fingerprint density at radius 3 is 2.38 bits per heavy atom. The first kappa shape index (κ1) is 13.8. The van der Waals surface area contributed by atoms with E-state index in [0.717, 1.165) is 17.0 Å². The maximum absolute atomic E-state index is 12.7. The van der Waals surface area contributed by atoms with Crippen LogP contribution in [0, 0.1) is 20.8 Å². The van der Waals surface area contributed by atoms with E-state index in [1.807, 2.05) is 26.8 Å². The lowest BCUT2D eigenvalue weighted by molar-refractivity contribution is 0.596. The summed E-state index contributed by atoms with van der Waals surface area (Å²) in [7, 11) is -3.62. The lowest BCUT2D eigenvalue weighted by Crippen LogP contribution is -2.04. The van der Waals surface area contributed by atoms with Crippen molar-refractivity contribution < 1.29 is 8.42 Å². The first-order chi connectivity index (χ1) is 9.89. The van der Waals surface area contributed by atoms with Crippen molar-refractivity contribution in [3.05, 3.63) is 53.5 Å². The second kappa shape index (κ2) is 4.66. The lowest BCUT2D eigenvalue weighted by atomic mass is 10.2. The summed E-state index contributed by atoms with van der Waals surface area (Å²) in [5.41, 5.74) is 3.00. The number of hydrogen-bond donors (Lipinski definition) is 0. The van der Waals surface area contributed by atoms with Crippen LogP contribution in [0.2, 0.25) is 0 Å². The molecule has 3 rings (SSSR count). The Morgan fingerprint density at radius 2 is 1.71 bits per heavy atom. The van der Waals surface area contributed by atoms with Crippen molar-refractivity contribution in [2.24, 2.45) is 0 Å². The monoisotopic (exact) mass is 301 g/mol. The SMILES string of the molecule is Cc1ccc(S(=O)(=O)c2cnn3c(C)cc(C)nc23)cc1. The number of sulfone groups is 1. The van der Waals surface area contributed by atoms with E-state index < -0.39 is 9.84 Å². The predicted octanol–water partition coefficient (Wildman–Crippen LogP) is 2.49. The molecule has 0 atom stereocenters. The van der Waals surface area contributed by atoms with Crippen LogP contribution in [0.15, 0.2) is 46.3 Å². The fourth-order valence-corrected chi connectivity index (χ4v) is 3.59. The van der Waals surface area contributed by atoms with Gasteiger partial charge in [0.05, 0.1) is 11.1 Å². The van der Waals surface area contributed by atoms with Crippen molar-refractivity contribution >= 4 is 15.5 Å². The molecule has 108 valence electrons. The summed E-state index contributed by atoms with van der Waals surface area (Å²) in [5.74, 6) is 0. The summed E-state index contributed by atoms with van der Waals surface area (Å²) in [6.07, 6.45) is 1.37. The van der Waals surface area contributed by atoms with E-state index in [9.17, 15) is 8.42 Å². The van der Waals surface area contributed by atoms with Gasteiger partial charge in [-0.2, -0.15) is 5.10 Å². The van der Waals surface area contributed by atoms with Crippen LogP contribution in [0.5, 0.6) is 0 Å². The van der Waals surface area contributed by atoms with Gasteiger partial charge >= 0.3 is 0 Å². The zero-order valence-electron chi connectivity index (χ0n) is 12.0. The van der Waals surface area contributed by atoms with E-state index >= 15 is 0 Å². The van der Waals surface area contributed by atoms with Gasteiger partial charge in [-0.15, -0.1) is 0 Å². The average Bonchev–Trinajstić information content (AvgIpc) is 2.83. The number of benzene rings is 1. The molecular formula is C15H15N3O2S. The molecule has 3 aromatic rings. The third-order valence-corrected chi connectivity index (χ3v) is 5.13. The van der Waals surface area contributed by atoms with Gasteiger partial charge in [0.25, 0.3) is 0 Å².